The van der Waals surface area contributed by atoms with Gasteiger partial charge in [-0.05, 0) is 55.2 Å². The van der Waals surface area contributed by atoms with E-state index in [0.717, 1.165) is 33.8 Å². The van der Waals surface area contributed by atoms with E-state index in [1.807, 2.05) is 57.2 Å². The van der Waals surface area contributed by atoms with Gasteiger partial charge in [-0.1, -0.05) is 31.2 Å². The Kier molecular flexibility index (Phi) is 10.5. The molecule has 9 nitrogen and oxygen atoms in total. The molecule has 1 unspecified atom stereocenters. The average molecular weight is 564 g/mol. The molecule has 218 valence electrons. The Bertz CT molecular complexity index is 1360. The maximum Gasteiger partial charge on any atom is 0.309 e. The first kappa shape index (κ1) is 31.1. The van der Waals surface area contributed by atoms with Crippen molar-refractivity contribution >= 4 is 17.7 Å². The predicted octanol–water partition coefficient (Wildman–Crippen LogP) is 5.62. The summed E-state index contributed by atoms with van der Waals surface area (Å²) in [5.74, 6) is -1.26. The van der Waals surface area contributed by atoms with Crippen molar-refractivity contribution in [1.29, 1.82) is 0 Å². The maximum absolute atomic E-state index is 13.3. The largest absolute Gasteiger partial charge is 0.496 e. The van der Waals surface area contributed by atoms with E-state index in [-0.39, 0.29) is 29.5 Å². The molecule has 2 aromatic carbocycles. The molecule has 0 fully saturated rings. The lowest BCUT2D eigenvalue weighted by Gasteiger charge is -2.29. The normalized spacial score (nSPS) is 12.3. The molecule has 0 saturated carbocycles. The molecule has 1 aromatic heterocycles. The Morgan fingerprint density at radius 2 is 1.34 bits per heavy atom. The highest BCUT2D eigenvalue weighted by molar-refractivity contribution is 6.00. The van der Waals surface area contributed by atoms with Crippen LogP contribution in [0.5, 0.6) is 23.0 Å². The van der Waals surface area contributed by atoms with E-state index in [4.69, 9.17) is 23.7 Å². The monoisotopic (exact) mass is 563 g/mol. The van der Waals surface area contributed by atoms with Crippen LogP contribution in [0.3, 0.4) is 0 Å². The molecule has 1 heterocycles. The van der Waals surface area contributed by atoms with Crippen LogP contribution in [-0.4, -0.2) is 50.1 Å². The van der Waals surface area contributed by atoms with E-state index >= 15 is 0 Å². The minimum atomic E-state index is -0.804. The van der Waals surface area contributed by atoms with Gasteiger partial charge >= 0.3 is 11.9 Å². The number of rotatable bonds is 12. The van der Waals surface area contributed by atoms with E-state index in [2.05, 4.69) is 4.98 Å². The third-order valence-electron chi connectivity index (χ3n) is 7.03. The van der Waals surface area contributed by atoms with Crippen molar-refractivity contribution in [2.45, 2.75) is 53.1 Å². The molecule has 0 spiro atoms. The zero-order valence-corrected chi connectivity index (χ0v) is 24.8. The Hall–Kier alpha value is -4.40. The number of Topliss-reactive ketones (excluding diaryl/α,β-unsaturated/α-hetero) is 1. The van der Waals surface area contributed by atoms with Crippen LogP contribution in [0.15, 0.2) is 48.7 Å². The first-order valence-electron chi connectivity index (χ1n) is 13.3. The number of ketones is 1. The Balaban J connectivity index is 1.90. The van der Waals surface area contributed by atoms with Crippen LogP contribution < -0.4 is 18.9 Å². The summed E-state index contributed by atoms with van der Waals surface area (Å²) in [7, 11) is 4.62. The van der Waals surface area contributed by atoms with Crippen molar-refractivity contribution in [3.63, 3.8) is 0 Å². The molecular formula is C32H37NO8. The van der Waals surface area contributed by atoms with E-state index in [9.17, 15) is 14.4 Å². The van der Waals surface area contributed by atoms with Crippen molar-refractivity contribution in [3.8, 4) is 23.0 Å². The Morgan fingerprint density at radius 1 is 0.805 bits per heavy atom. The maximum atomic E-state index is 13.3. The molecule has 0 aliphatic rings. The number of carbonyl (C=O) groups is 3. The minimum absolute atomic E-state index is 0.0801. The molecule has 3 aromatic rings. The van der Waals surface area contributed by atoms with Crippen LogP contribution in [0.25, 0.3) is 0 Å². The summed E-state index contributed by atoms with van der Waals surface area (Å²) in [6.45, 7) is 8.59. The molecule has 41 heavy (non-hydrogen) atoms. The first-order chi connectivity index (χ1) is 19.5. The van der Waals surface area contributed by atoms with Gasteiger partial charge in [0.05, 0.1) is 27.2 Å². The molecule has 0 radical (unpaired) electrons. The lowest BCUT2D eigenvalue weighted by Crippen LogP contribution is -2.28. The number of methoxy groups -OCH3 is 3. The summed E-state index contributed by atoms with van der Waals surface area (Å²) in [4.78, 5) is 42.2. The van der Waals surface area contributed by atoms with Gasteiger partial charge in [0.15, 0.2) is 17.2 Å². The molecule has 0 saturated heterocycles. The second-order valence-corrected chi connectivity index (χ2v) is 9.78. The van der Waals surface area contributed by atoms with Crippen LogP contribution >= 0.6 is 0 Å². The standard InChI is InChI=1S/C32H37NO8/c1-18(17-25(35)30-31(41-22(5)34)28(39-8)15-16-33-30)32(36)40-21(4)29(23-11-9-13-26(37-6)19(23)2)24-12-10-14-27(38-7)20(24)3/h9-16,18,21,29H,17H2,1-8H3/t18-,21?/m1/s1. The van der Waals surface area contributed by atoms with Crippen LogP contribution in [0, 0.1) is 19.8 Å². The van der Waals surface area contributed by atoms with Crippen LogP contribution in [0.4, 0.5) is 0 Å². The van der Waals surface area contributed by atoms with Gasteiger partial charge in [-0.25, -0.2) is 4.98 Å². The highest BCUT2D eigenvalue weighted by atomic mass is 16.6. The van der Waals surface area contributed by atoms with E-state index < -0.39 is 29.7 Å². The zero-order chi connectivity index (χ0) is 30.3. The summed E-state index contributed by atoms with van der Waals surface area (Å²) >= 11 is 0. The zero-order valence-electron chi connectivity index (χ0n) is 24.8. The van der Waals surface area contributed by atoms with Crippen LogP contribution in [0.1, 0.15) is 65.9 Å². The lowest BCUT2D eigenvalue weighted by molar-refractivity contribution is -0.153. The molecule has 9 heteroatoms. The fraction of sp³-hybridized carbons (Fsp3) is 0.375. The second-order valence-electron chi connectivity index (χ2n) is 9.78. The van der Waals surface area contributed by atoms with Gasteiger partial charge in [-0.3, -0.25) is 14.4 Å². The number of carbonyl (C=O) groups excluding carboxylic acids is 3. The number of nitrogens with zero attached hydrogens (tertiary/aromatic N) is 1. The number of pyridine rings is 1. The summed E-state index contributed by atoms with van der Waals surface area (Å²) in [6.07, 6.45) is 0.561. The summed E-state index contributed by atoms with van der Waals surface area (Å²) < 4.78 is 27.6. The molecule has 0 aliphatic carbocycles. The van der Waals surface area contributed by atoms with Gasteiger partial charge in [0, 0.05) is 31.5 Å². The van der Waals surface area contributed by atoms with Crippen molar-refractivity contribution in [2.24, 2.45) is 5.92 Å². The molecule has 0 amide bonds. The smallest absolute Gasteiger partial charge is 0.309 e. The van der Waals surface area contributed by atoms with Crippen molar-refractivity contribution < 1.29 is 38.1 Å². The van der Waals surface area contributed by atoms with E-state index in [0.29, 0.717) is 0 Å². The fourth-order valence-electron chi connectivity index (χ4n) is 4.91. The van der Waals surface area contributed by atoms with Crippen LogP contribution in [-0.2, 0) is 14.3 Å². The molecular weight excluding hydrogens is 526 g/mol. The Morgan fingerprint density at radius 3 is 1.83 bits per heavy atom. The third-order valence-corrected chi connectivity index (χ3v) is 7.03. The molecule has 2 atom stereocenters. The van der Waals surface area contributed by atoms with Gasteiger partial charge in [0.2, 0.25) is 5.75 Å². The first-order valence-corrected chi connectivity index (χ1v) is 13.3. The molecule has 3 rings (SSSR count). The molecule has 0 N–H and O–H groups in total. The number of esters is 2. The predicted molar refractivity (Wildman–Crippen MR) is 153 cm³/mol. The van der Waals surface area contributed by atoms with Gasteiger partial charge in [0.1, 0.15) is 17.6 Å². The quantitative estimate of drug-likeness (QED) is 0.205. The number of hydrogen-bond acceptors (Lipinski definition) is 9. The van der Waals surface area contributed by atoms with Crippen molar-refractivity contribution in [1.82, 2.24) is 4.98 Å². The van der Waals surface area contributed by atoms with Gasteiger partial charge in [0.25, 0.3) is 0 Å². The number of hydrogen-bond donors (Lipinski definition) is 0. The highest BCUT2D eigenvalue weighted by Gasteiger charge is 2.31. The van der Waals surface area contributed by atoms with E-state index in [1.165, 1.54) is 26.3 Å². The summed E-state index contributed by atoms with van der Waals surface area (Å²) in [6, 6.07) is 13.0. The average Bonchev–Trinajstić information content (AvgIpc) is 2.94. The topological polar surface area (TPSA) is 110 Å². The number of aromatic nitrogens is 1. The van der Waals surface area contributed by atoms with Gasteiger partial charge in [-0.2, -0.15) is 0 Å². The lowest BCUT2D eigenvalue weighted by atomic mass is 9.82. The molecule has 0 aliphatic heterocycles. The van der Waals surface area contributed by atoms with Crippen molar-refractivity contribution in [2.75, 3.05) is 21.3 Å². The minimum Gasteiger partial charge on any atom is -0.496 e. The second kappa shape index (κ2) is 13.8. The third kappa shape index (κ3) is 7.03. The highest BCUT2D eigenvalue weighted by Crippen LogP contribution is 2.39. The van der Waals surface area contributed by atoms with E-state index in [1.54, 1.807) is 21.1 Å². The van der Waals surface area contributed by atoms with Crippen molar-refractivity contribution in [3.05, 3.63) is 76.6 Å². The number of benzene rings is 2. The van der Waals surface area contributed by atoms with Gasteiger partial charge < -0.3 is 23.7 Å². The van der Waals surface area contributed by atoms with Gasteiger partial charge in [-0.15, -0.1) is 0 Å². The summed E-state index contributed by atoms with van der Waals surface area (Å²) in [5, 5.41) is 0. The summed E-state index contributed by atoms with van der Waals surface area (Å²) in [5.41, 5.74) is 3.64. The van der Waals surface area contributed by atoms with Crippen LogP contribution in [0.2, 0.25) is 0 Å². The Labute approximate surface area is 240 Å². The SMILES string of the molecule is COc1cccc(C(c2cccc(OC)c2C)C(C)OC(=O)[C@H](C)CC(=O)c2nccc(OC)c2OC(C)=O)c1C. The number of ether oxygens (including phenoxy) is 5. The fourth-order valence-corrected chi connectivity index (χ4v) is 4.91. The molecule has 0 bridgehead atoms.